The second-order valence-corrected chi connectivity index (χ2v) is 10.6. The third kappa shape index (κ3) is 4.97. The number of nitrogens with zero attached hydrogens (tertiary/aromatic N) is 4. The van der Waals surface area contributed by atoms with Gasteiger partial charge in [-0.3, -0.25) is 9.59 Å². The Morgan fingerprint density at radius 1 is 1.07 bits per heavy atom. The van der Waals surface area contributed by atoms with Gasteiger partial charge >= 0.3 is 5.97 Å². The van der Waals surface area contributed by atoms with Gasteiger partial charge in [-0.2, -0.15) is 0 Å². The molecule has 0 aliphatic carbocycles. The van der Waals surface area contributed by atoms with Gasteiger partial charge in [-0.25, -0.2) is 9.07 Å². The van der Waals surface area contributed by atoms with Crippen LogP contribution in [0.25, 0.3) is 11.0 Å². The first-order valence-corrected chi connectivity index (χ1v) is 13.7. The molecule has 0 spiro atoms. The number of carbonyl (C=O) groups is 2. The second-order valence-electron chi connectivity index (χ2n) is 10.6. The molecule has 4 aromatic rings. The van der Waals surface area contributed by atoms with E-state index in [0.29, 0.717) is 45.7 Å². The molecule has 9 heteroatoms. The summed E-state index contributed by atoms with van der Waals surface area (Å²) in [7, 11) is 0. The lowest BCUT2D eigenvalue weighted by Gasteiger charge is -2.30. The first-order valence-electron chi connectivity index (χ1n) is 13.7. The molecule has 0 radical (unpaired) electrons. The molecule has 6 heterocycles. The van der Waals surface area contributed by atoms with E-state index in [0.717, 1.165) is 50.8 Å². The molecule has 40 heavy (non-hydrogen) atoms. The lowest BCUT2D eigenvalue weighted by molar-refractivity contribution is -0.137. The van der Waals surface area contributed by atoms with Crippen LogP contribution < -0.4 is 0 Å². The molecule has 5 aliphatic rings. The lowest BCUT2D eigenvalue weighted by Crippen LogP contribution is -2.36. The summed E-state index contributed by atoms with van der Waals surface area (Å²) < 4.78 is 22.7. The minimum absolute atomic E-state index is 0.0692. The zero-order valence-corrected chi connectivity index (χ0v) is 22.4. The van der Waals surface area contributed by atoms with Crippen LogP contribution in [0.2, 0.25) is 0 Å². The van der Waals surface area contributed by atoms with Crippen molar-refractivity contribution in [2.24, 2.45) is 0 Å². The van der Waals surface area contributed by atoms with Crippen LogP contribution >= 0.6 is 0 Å². The van der Waals surface area contributed by atoms with Crippen LogP contribution in [0.5, 0.6) is 0 Å². The Hall–Kier alpha value is -4.11. The summed E-state index contributed by atoms with van der Waals surface area (Å²) in [5.41, 5.74) is 7.21. The number of ether oxygens (including phenoxy) is 1. The first kappa shape index (κ1) is 26.1. The van der Waals surface area contributed by atoms with Crippen LogP contribution in [0.3, 0.4) is 0 Å². The topological polar surface area (TPSA) is 97.5 Å². The molecule has 3 aromatic carbocycles. The maximum Gasteiger partial charge on any atom is 0.304 e. The van der Waals surface area contributed by atoms with Crippen molar-refractivity contribution < 1.29 is 23.8 Å². The van der Waals surface area contributed by atoms with Gasteiger partial charge in [0.15, 0.2) is 0 Å². The van der Waals surface area contributed by atoms with Crippen molar-refractivity contribution >= 4 is 22.9 Å². The Labute approximate surface area is 231 Å². The quantitative estimate of drug-likeness (QED) is 0.396. The molecule has 1 atom stereocenters. The van der Waals surface area contributed by atoms with Crippen molar-refractivity contribution in [1.82, 2.24) is 19.9 Å². The van der Waals surface area contributed by atoms with E-state index in [1.54, 1.807) is 11.0 Å². The van der Waals surface area contributed by atoms with Crippen LogP contribution in [-0.2, 0) is 35.5 Å². The summed E-state index contributed by atoms with van der Waals surface area (Å²) >= 11 is 0. The molecule has 9 bridgehead atoms. The zero-order valence-electron chi connectivity index (χ0n) is 22.4. The minimum Gasteiger partial charge on any atom is -0.481 e. The van der Waals surface area contributed by atoms with Crippen LogP contribution in [0.4, 0.5) is 4.39 Å². The summed E-state index contributed by atoms with van der Waals surface area (Å²) in [6.45, 7) is 4.29. The maximum absolute atomic E-state index is 15.0. The van der Waals surface area contributed by atoms with E-state index in [1.165, 1.54) is 6.07 Å². The fourth-order valence-corrected chi connectivity index (χ4v) is 5.96. The molecule has 0 saturated carbocycles. The van der Waals surface area contributed by atoms with Crippen molar-refractivity contribution in [2.75, 3.05) is 19.8 Å². The van der Waals surface area contributed by atoms with E-state index in [1.807, 2.05) is 48.0 Å². The van der Waals surface area contributed by atoms with E-state index in [4.69, 9.17) is 4.74 Å². The van der Waals surface area contributed by atoms with Gasteiger partial charge in [-0.1, -0.05) is 35.5 Å². The highest BCUT2D eigenvalue weighted by Gasteiger charge is 2.27. The molecular weight excluding hydrogens is 511 g/mol. The van der Waals surface area contributed by atoms with Gasteiger partial charge in [0.05, 0.1) is 30.7 Å². The number of hydrogen-bond donors (Lipinski definition) is 1. The van der Waals surface area contributed by atoms with E-state index in [-0.39, 0.29) is 17.9 Å². The van der Waals surface area contributed by atoms with Crippen molar-refractivity contribution in [3.8, 4) is 0 Å². The van der Waals surface area contributed by atoms with Crippen LogP contribution in [0, 0.1) is 12.7 Å². The predicted molar refractivity (Wildman–Crippen MR) is 147 cm³/mol. The molecule has 206 valence electrons. The number of halogens is 1. The van der Waals surface area contributed by atoms with Crippen LogP contribution in [0.1, 0.15) is 62.5 Å². The summed E-state index contributed by atoms with van der Waals surface area (Å²) in [5.74, 6) is -2.16. The van der Waals surface area contributed by atoms with Gasteiger partial charge < -0.3 is 14.7 Å². The first-order chi connectivity index (χ1) is 19.4. The molecule has 0 fully saturated rings. The number of carboxylic acids is 1. The molecule has 1 N–H and O–H groups in total. The van der Waals surface area contributed by atoms with E-state index < -0.39 is 17.7 Å². The normalized spacial score (nSPS) is 17.9. The van der Waals surface area contributed by atoms with E-state index >= 15 is 4.39 Å². The molecule has 0 saturated heterocycles. The van der Waals surface area contributed by atoms with Gasteiger partial charge in [-0.05, 0) is 77.8 Å². The fourth-order valence-electron chi connectivity index (χ4n) is 5.96. The van der Waals surface area contributed by atoms with Crippen LogP contribution in [-0.4, -0.2) is 56.6 Å². The predicted octanol–water partition coefficient (Wildman–Crippen LogP) is 4.65. The van der Waals surface area contributed by atoms with Crippen molar-refractivity contribution in [2.45, 2.75) is 51.6 Å². The highest BCUT2D eigenvalue weighted by Crippen LogP contribution is 2.35. The maximum atomic E-state index is 15.0. The summed E-state index contributed by atoms with van der Waals surface area (Å²) in [4.78, 5) is 27.0. The smallest absolute Gasteiger partial charge is 0.304 e. The average molecular weight is 543 g/mol. The van der Waals surface area contributed by atoms with Gasteiger partial charge in [0, 0.05) is 25.6 Å². The SMILES string of the molecule is Cc1c2ccc3c1nnn3CCOCCCc1ccc(c(F)c1)C(=O)N1CCc3ccc(cc3C1)[C@@H]2CC(=O)O. The highest BCUT2D eigenvalue weighted by atomic mass is 19.1. The van der Waals surface area contributed by atoms with Crippen LogP contribution in [0.15, 0.2) is 48.5 Å². The number of aromatic nitrogens is 3. The minimum atomic E-state index is -0.903. The number of carboxylic acid groups (broad SMARTS) is 1. The van der Waals surface area contributed by atoms with Gasteiger partial charge in [-0.15, -0.1) is 5.10 Å². The number of aryl methyl sites for hydroxylation is 2. The van der Waals surface area contributed by atoms with Gasteiger partial charge in [0.2, 0.25) is 0 Å². The van der Waals surface area contributed by atoms with Crippen molar-refractivity contribution in [3.63, 3.8) is 0 Å². The lowest BCUT2D eigenvalue weighted by atomic mass is 9.83. The number of amides is 1. The third-order valence-electron chi connectivity index (χ3n) is 8.13. The van der Waals surface area contributed by atoms with E-state index in [9.17, 15) is 14.7 Å². The Morgan fingerprint density at radius 3 is 2.77 bits per heavy atom. The monoisotopic (exact) mass is 542 g/mol. The highest BCUT2D eigenvalue weighted by molar-refractivity contribution is 5.94. The Morgan fingerprint density at radius 2 is 1.95 bits per heavy atom. The van der Waals surface area contributed by atoms with Crippen molar-refractivity contribution in [1.29, 1.82) is 0 Å². The molecule has 1 amide bonds. The summed E-state index contributed by atoms with van der Waals surface area (Å²) in [5, 5.41) is 18.6. The van der Waals surface area contributed by atoms with Gasteiger partial charge in [0.1, 0.15) is 11.3 Å². The number of carbonyl (C=O) groups excluding carboxylic acids is 1. The molecule has 9 rings (SSSR count). The van der Waals surface area contributed by atoms with Crippen molar-refractivity contribution in [3.05, 3.63) is 93.3 Å². The molecule has 0 unspecified atom stereocenters. The third-order valence-corrected chi connectivity index (χ3v) is 8.13. The number of rotatable bonds is 2. The standard InChI is InChI=1S/C31H31FN4O4/c1-19-24-8-9-28-30(19)33-34-36(28)12-14-40-13-2-3-20-4-7-25(27(32)15-20)31(39)35-11-10-21-5-6-22(16-23(21)18-35)26(24)17-29(37)38/h4-9,15-16,26H,2-3,10-14,17-18H2,1H3,(H,37,38)/t26-/m0/s1. The number of benzene rings is 3. The molecule has 5 aliphatic heterocycles. The average Bonchev–Trinajstić information content (AvgIpc) is 3.36. The fraction of sp³-hybridized carbons (Fsp3) is 0.355. The molecular formula is C31H31FN4O4. The number of aliphatic carboxylic acids is 1. The van der Waals surface area contributed by atoms with E-state index in [2.05, 4.69) is 10.3 Å². The summed E-state index contributed by atoms with van der Waals surface area (Å²) in [6, 6.07) is 14.8. The molecule has 1 aromatic heterocycles. The Kier molecular flexibility index (Phi) is 7.06. The molecule has 8 nitrogen and oxygen atoms in total. The number of hydrogen-bond acceptors (Lipinski definition) is 5. The zero-order chi connectivity index (χ0) is 27.8. The summed E-state index contributed by atoms with van der Waals surface area (Å²) in [6.07, 6.45) is 1.94. The second kappa shape index (κ2) is 10.8. The Bertz CT molecular complexity index is 1610. The largest absolute Gasteiger partial charge is 0.481 e. The Balaban J connectivity index is 1.42. The van der Waals surface area contributed by atoms with Gasteiger partial charge in [0.25, 0.3) is 5.91 Å².